The van der Waals surface area contributed by atoms with Gasteiger partial charge >= 0.3 is 0 Å². The van der Waals surface area contributed by atoms with E-state index in [2.05, 4.69) is 84.9 Å². The van der Waals surface area contributed by atoms with Crippen LogP contribution >= 0.6 is 0 Å². The minimum atomic E-state index is -0.794. The molecule has 0 spiro atoms. The summed E-state index contributed by atoms with van der Waals surface area (Å²) in [5.74, 6) is 7.84. The van der Waals surface area contributed by atoms with Gasteiger partial charge < -0.3 is 50.6 Å². The van der Waals surface area contributed by atoms with Crippen LogP contribution in [0.2, 0.25) is 0 Å². The third kappa shape index (κ3) is 12.7. The fourth-order valence-electron chi connectivity index (χ4n) is 15.9. The van der Waals surface area contributed by atoms with Crippen LogP contribution in [0.3, 0.4) is 0 Å². The van der Waals surface area contributed by atoms with Crippen LogP contribution in [0.1, 0.15) is 151 Å². The van der Waals surface area contributed by atoms with Gasteiger partial charge in [-0.25, -0.2) is 0 Å². The van der Waals surface area contributed by atoms with Crippen LogP contribution in [0, 0.1) is 46.3 Å². The van der Waals surface area contributed by atoms with Crippen molar-refractivity contribution < 1.29 is 35.0 Å². The van der Waals surface area contributed by atoms with Gasteiger partial charge in [-0.1, -0.05) is 36.4 Å². The number of aromatic hydroxyl groups is 2. The summed E-state index contributed by atoms with van der Waals surface area (Å²) in [6.07, 6.45) is 20.0. The van der Waals surface area contributed by atoms with Gasteiger partial charge in [-0.3, -0.25) is 4.79 Å². The number of hydrogen-bond donors (Lipinski definition) is 8. The lowest BCUT2D eigenvalue weighted by Gasteiger charge is -2.57. The number of aliphatic hydroxyl groups excluding tert-OH is 3. The quantitative estimate of drug-likeness (QED) is 0.0353. The maximum Gasteiger partial charge on any atom is 0.248 e. The molecule has 8 bridgehead atoms. The number of aromatic nitrogens is 1. The minimum absolute atomic E-state index is 0.00743. The molecule has 4 aromatic carbocycles. The summed E-state index contributed by atoms with van der Waals surface area (Å²) < 4.78 is 12.6. The van der Waals surface area contributed by atoms with Gasteiger partial charge in [-0.15, -0.1) is 0 Å². The Kier molecular flexibility index (Phi) is 15.9. The minimum Gasteiger partial charge on any atom is -0.508 e. The molecule has 11 nitrogen and oxygen atoms in total. The number of pyridine rings is 1. The van der Waals surface area contributed by atoms with E-state index in [0.717, 1.165) is 73.1 Å². The Bertz CT molecular complexity index is 2700. The normalized spacial score (nSPS) is 27.6. The van der Waals surface area contributed by atoms with E-state index in [1.807, 2.05) is 0 Å². The van der Waals surface area contributed by atoms with Crippen molar-refractivity contribution in [3.05, 3.63) is 129 Å². The average molecular weight is 1010 g/mol. The fraction of sp³-hybridized carbons (Fsp3) is 0.571. The van der Waals surface area contributed by atoms with Gasteiger partial charge in [0.05, 0.1) is 37.5 Å². The third-order valence-electron chi connectivity index (χ3n) is 18.5. The highest BCUT2D eigenvalue weighted by Crippen LogP contribution is 2.62. The number of rotatable bonds is 21. The van der Waals surface area contributed by atoms with Gasteiger partial charge in [-0.05, 0) is 241 Å². The topological polar surface area (TPSA) is 177 Å². The lowest BCUT2D eigenvalue weighted by Crippen LogP contribution is -2.46. The number of aliphatic hydroxyl groups is 3. The number of H-pyrrole nitrogens is 1. The van der Waals surface area contributed by atoms with Crippen LogP contribution in [0.5, 0.6) is 23.0 Å². The number of phenols is 2. The Labute approximate surface area is 438 Å². The van der Waals surface area contributed by atoms with Crippen molar-refractivity contribution >= 4 is 10.9 Å². The van der Waals surface area contributed by atoms with Crippen LogP contribution in [0.15, 0.2) is 95.8 Å². The van der Waals surface area contributed by atoms with Gasteiger partial charge in [0, 0.05) is 41.7 Å². The van der Waals surface area contributed by atoms with Crippen molar-refractivity contribution in [2.45, 2.75) is 154 Å². The van der Waals surface area contributed by atoms with Crippen molar-refractivity contribution in [3.8, 4) is 23.0 Å². The second-order valence-corrected chi connectivity index (χ2v) is 25.1. The highest BCUT2D eigenvalue weighted by atomic mass is 16.5. The van der Waals surface area contributed by atoms with E-state index in [9.17, 15) is 30.3 Å². The molecule has 8 saturated carbocycles. The SMILES string of the molecule is CC(C)(Cc1cccc(OCCC23CC4CC(CC(C4)C2)C3)c1)NC[C@H](O)c1ccc(O)c2[nH]c(=O)ccc12.C[C@H](Cc1cccc(OCCC23CC4CC(CC(C4)C2)C3)c1)NC[C@H](O)c1ccc(O)c(CO)c1. The first-order valence-electron chi connectivity index (χ1n) is 28.1. The van der Waals surface area contributed by atoms with Crippen LogP contribution in [0.25, 0.3) is 10.9 Å². The Morgan fingerprint density at radius 3 is 1.77 bits per heavy atom. The molecule has 1 heterocycles. The van der Waals surface area contributed by atoms with E-state index in [0.29, 0.717) is 51.5 Å². The Morgan fingerprint density at radius 2 is 1.20 bits per heavy atom. The number of hydrogen-bond acceptors (Lipinski definition) is 10. The van der Waals surface area contributed by atoms with Crippen molar-refractivity contribution in [3.63, 3.8) is 0 Å². The van der Waals surface area contributed by atoms with Gasteiger partial charge in [0.15, 0.2) is 0 Å². The number of benzene rings is 4. The van der Waals surface area contributed by atoms with E-state index >= 15 is 0 Å². The van der Waals surface area contributed by atoms with Crippen molar-refractivity contribution in [1.82, 2.24) is 15.6 Å². The first kappa shape index (κ1) is 52.5. The van der Waals surface area contributed by atoms with Crippen molar-refractivity contribution in [2.24, 2.45) is 46.3 Å². The predicted octanol–water partition coefficient (Wildman–Crippen LogP) is 11.0. The molecule has 8 aliphatic rings. The number of β-amino-alcohol motifs (C(OH)–C–C–N with tert-alkyl or cyclic N) is 1. The molecular weight excluding hydrogens is 927 g/mol. The Hall–Kier alpha value is -4.91. The van der Waals surface area contributed by atoms with Gasteiger partial charge in [0.25, 0.3) is 0 Å². The molecule has 0 radical (unpaired) electrons. The highest BCUT2D eigenvalue weighted by molar-refractivity contribution is 5.87. The molecule has 5 aromatic rings. The summed E-state index contributed by atoms with van der Waals surface area (Å²) in [5.41, 5.74) is 5.08. The molecule has 74 heavy (non-hydrogen) atoms. The summed E-state index contributed by atoms with van der Waals surface area (Å²) in [5, 5.41) is 58.3. The maximum atomic E-state index is 11.7. The average Bonchev–Trinajstić information content (AvgIpc) is 3.35. The molecular formula is C63H83N3O8. The first-order valence-corrected chi connectivity index (χ1v) is 28.1. The second-order valence-electron chi connectivity index (χ2n) is 25.1. The molecule has 13 rings (SSSR count). The molecule has 11 heteroatoms. The molecule has 0 amide bonds. The number of nitrogens with one attached hydrogen (secondary N) is 3. The Morgan fingerprint density at radius 1 is 0.662 bits per heavy atom. The summed E-state index contributed by atoms with van der Waals surface area (Å²) >= 11 is 0. The third-order valence-corrected chi connectivity index (χ3v) is 18.5. The smallest absolute Gasteiger partial charge is 0.248 e. The molecule has 8 aliphatic carbocycles. The number of phenolic OH excluding ortho intramolecular Hbond substituents is 1. The molecule has 398 valence electrons. The summed E-state index contributed by atoms with van der Waals surface area (Å²) in [7, 11) is 0. The molecule has 0 unspecified atom stereocenters. The van der Waals surface area contributed by atoms with E-state index < -0.39 is 12.2 Å². The molecule has 3 atom stereocenters. The number of aromatic amines is 1. The fourth-order valence-corrected chi connectivity index (χ4v) is 15.9. The maximum absolute atomic E-state index is 11.7. The molecule has 0 saturated heterocycles. The summed E-state index contributed by atoms with van der Waals surface area (Å²) in [4.78, 5) is 14.4. The van der Waals surface area contributed by atoms with Crippen LogP contribution < -0.4 is 25.7 Å². The zero-order valence-corrected chi connectivity index (χ0v) is 44.2. The number of fused-ring (bicyclic) bond motifs is 1. The largest absolute Gasteiger partial charge is 0.508 e. The lowest BCUT2D eigenvalue weighted by atomic mass is 9.49. The van der Waals surface area contributed by atoms with Crippen LogP contribution in [0.4, 0.5) is 0 Å². The molecule has 8 N–H and O–H groups in total. The van der Waals surface area contributed by atoms with E-state index in [-0.39, 0.29) is 35.2 Å². The lowest BCUT2D eigenvalue weighted by molar-refractivity contribution is -0.0624. The summed E-state index contributed by atoms with van der Waals surface area (Å²) in [6, 6.07) is 28.2. The van der Waals surface area contributed by atoms with E-state index in [4.69, 9.17) is 9.47 Å². The standard InChI is InChI=1S/C33H42N2O4.C30H41NO4/c1-32(2,34-20-29(37)26-6-8-28(36)31-27(26)7-9-30(38)35-31)16-21-4-3-5-25(15-21)39-11-10-33-17-22-12-23(18-33)14-24(13-22)19-33;1-20(31-18-29(34)25-5-6-28(33)26(14-25)19-32)9-21-3-2-4-27(13-21)35-8-7-30-15-22-10-23(16-30)12-24(11-22)17-30/h3-9,15,22-24,29,34,36-37H,10-14,16-20H2,1-2H3,(H,35,38);2-6,13-14,20,22-24,29,31-34H,7-12,15-19H2,1H3/t22?,23?,24?,29-,33?;20-,22?,23?,24?,29+,30?/m01/s1. The summed E-state index contributed by atoms with van der Waals surface area (Å²) in [6.45, 7) is 8.48. The highest BCUT2D eigenvalue weighted by Gasteiger charge is 2.51. The van der Waals surface area contributed by atoms with E-state index in [1.54, 1.807) is 24.3 Å². The second kappa shape index (κ2) is 22.4. The zero-order valence-electron chi connectivity index (χ0n) is 44.2. The monoisotopic (exact) mass is 1010 g/mol. The van der Waals surface area contributed by atoms with E-state index in [1.165, 1.54) is 119 Å². The van der Waals surface area contributed by atoms with Gasteiger partial charge in [0.2, 0.25) is 5.56 Å². The number of ether oxygens (including phenoxy) is 2. The Balaban J connectivity index is 0.000000170. The van der Waals surface area contributed by atoms with Crippen LogP contribution in [-0.4, -0.2) is 68.4 Å². The molecule has 1 aromatic heterocycles. The van der Waals surface area contributed by atoms with Gasteiger partial charge in [0.1, 0.15) is 23.0 Å². The molecule has 8 fully saturated rings. The van der Waals surface area contributed by atoms with Gasteiger partial charge in [-0.2, -0.15) is 0 Å². The van der Waals surface area contributed by atoms with Crippen molar-refractivity contribution in [2.75, 3.05) is 26.3 Å². The zero-order chi connectivity index (χ0) is 51.6. The van der Waals surface area contributed by atoms with Crippen LogP contribution in [-0.2, 0) is 19.4 Å². The molecule has 0 aliphatic heterocycles. The predicted molar refractivity (Wildman–Crippen MR) is 291 cm³/mol. The van der Waals surface area contributed by atoms with Crippen molar-refractivity contribution in [1.29, 1.82) is 0 Å². The first-order chi connectivity index (χ1) is 35.6.